The standard InChI is InChI=1S/C18H22O/c1-18-11-10-14-13-5-3-2-4-12(13)6-7-15(14)16(18)8-9-17(18)19/h2-5,14-16H,6-11H2,1H3/t14-,15-,16-,18-/m0/s1. The molecule has 0 aliphatic heterocycles. The molecule has 0 spiro atoms. The second-order valence-corrected chi connectivity index (χ2v) is 7.03. The Morgan fingerprint density at radius 3 is 2.84 bits per heavy atom. The number of benzene rings is 1. The van der Waals surface area contributed by atoms with Gasteiger partial charge in [0.05, 0.1) is 0 Å². The molecule has 0 unspecified atom stereocenters. The van der Waals surface area contributed by atoms with Gasteiger partial charge in [0.2, 0.25) is 0 Å². The zero-order valence-electron chi connectivity index (χ0n) is 11.7. The van der Waals surface area contributed by atoms with Crippen LogP contribution in [0.4, 0.5) is 0 Å². The normalized spacial score (nSPS) is 40.5. The topological polar surface area (TPSA) is 17.1 Å². The minimum Gasteiger partial charge on any atom is -0.299 e. The van der Waals surface area contributed by atoms with Gasteiger partial charge in [0.1, 0.15) is 5.78 Å². The molecule has 3 aliphatic rings. The molecule has 4 rings (SSSR count). The highest BCUT2D eigenvalue weighted by molar-refractivity contribution is 5.87. The van der Waals surface area contributed by atoms with E-state index in [0.29, 0.717) is 11.7 Å². The number of ketones is 1. The van der Waals surface area contributed by atoms with Crippen LogP contribution in [0.25, 0.3) is 0 Å². The van der Waals surface area contributed by atoms with Gasteiger partial charge in [-0.1, -0.05) is 31.2 Å². The monoisotopic (exact) mass is 254 g/mol. The molecule has 0 bridgehead atoms. The Morgan fingerprint density at radius 2 is 1.95 bits per heavy atom. The first-order chi connectivity index (χ1) is 9.20. The number of hydrogen-bond acceptors (Lipinski definition) is 1. The van der Waals surface area contributed by atoms with Crippen LogP contribution in [0.2, 0.25) is 0 Å². The lowest BCUT2D eigenvalue weighted by Gasteiger charge is -2.48. The van der Waals surface area contributed by atoms with Crippen molar-refractivity contribution in [3.8, 4) is 0 Å². The zero-order valence-corrected chi connectivity index (χ0v) is 11.7. The molecule has 0 saturated heterocycles. The van der Waals surface area contributed by atoms with Crippen LogP contribution in [0.3, 0.4) is 0 Å². The maximum Gasteiger partial charge on any atom is 0.139 e. The van der Waals surface area contributed by atoms with Crippen LogP contribution < -0.4 is 0 Å². The number of fused-ring (bicyclic) bond motifs is 5. The van der Waals surface area contributed by atoms with Crippen LogP contribution in [0.1, 0.15) is 56.1 Å². The molecule has 0 heterocycles. The van der Waals surface area contributed by atoms with Crippen LogP contribution in [-0.2, 0) is 11.2 Å². The fraction of sp³-hybridized carbons (Fsp3) is 0.611. The molecule has 0 amide bonds. The second kappa shape index (κ2) is 3.94. The lowest BCUT2D eigenvalue weighted by molar-refractivity contribution is -0.129. The summed E-state index contributed by atoms with van der Waals surface area (Å²) in [5.41, 5.74) is 3.19. The van der Waals surface area contributed by atoms with Crippen molar-refractivity contribution in [2.75, 3.05) is 0 Å². The van der Waals surface area contributed by atoms with E-state index in [9.17, 15) is 4.79 Å². The van der Waals surface area contributed by atoms with E-state index in [4.69, 9.17) is 0 Å². The second-order valence-electron chi connectivity index (χ2n) is 7.03. The molecule has 0 aromatic heterocycles. The van der Waals surface area contributed by atoms with Gasteiger partial charge in [-0.2, -0.15) is 0 Å². The van der Waals surface area contributed by atoms with Gasteiger partial charge in [0.25, 0.3) is 0 Å². The van der Waals surface area contributed by atoms with Crippen LogP contribution in [0.5, 0.6) is 0 Å². The first-order valence-corrected chi connectivity index (χ1v) is 7.81. The molecular weight excluding hydrogens is 232 g/mol. The molecule has 1 aromatic carbocycles. The van der Waals surface area contributed by atoms with Crippen molar-refractivity contribution in [2.24, 2.45) is 17.3 Å². The molecule has 19 heavy (non-hydrogen) atoms. The number of carbonyl (C=O) groups excluding carboxylic acids is 1. The number of rotatable bonds is 0. The van der Waals surface area contributed by atoms with Crippen molar-refractivity contribution < 1.29 is 4.79 Å². The number of Topliss-reactive ketones (excluding diaryl/α,β-unsaturated/α-hetero) is 1. The molecule has 1 aromatic rings. The number of hydrogen-bond donors (Lipinski definition) is 0. The predicted molar refractivity (Wildman–Crippen MR) is 76.1 cm³/mol. The smallest absolute Gasteiger partial charge is 0.139 e. The minimum atomic E-state index is 0.0213. The van der Waals surface area contributed by atoms with E-state index in [1.165, 1.54) is 19.3 Å². The third-order valence-electron chi connectivity index (χ3n) is 6.35. The van der Waals surface area contributed by atoms with Gasteiger partial charge in [-0.3, -0.25) is 4.79 Å². The van der Waals surface area contributed by atoms with Gasteiger partial charge in [-0.15, -0.1) is 0 Å². The maximum atomic E-state index is 12.3. The Kier molecular flexibility index (Phi) is 2.43. The highest BCUT2D eigenvalue weighted by Crippen LogP contribution is 2.59. The van der Waals surface area contributed by atoms with Gasteiger partial charge >= 0.3 is 0 Å². The molecule has 2 saturated carbocycles. The van der Waals surface area contributed by atoms with Crippen molar-refractivity contribution in [1.29, 1.82) is 0 Å². The Labute approximate surface area is 115 Å². The summed E-state index contributed by atoms with van der Waals surface area (Å²) < 4.78 is 0. The first kappa shape index (κ1) is 11.7. The summed E-state index contributed by atoms with van der Waals surface area (Å²) in [6.45, 7) is 2.25. The largest absolute Gasteiger partial charge is 0.299 e. The van der Waals surface area contributed by atoms with Crippen LogP contribution in [0, 0.1) is 17.3 Å². The van der Waals surface area contributed by atoms with Gasteiger partial charge in [-0.25, -0.2) is 0 Å². The van der Waals surface area contributed by atoms with E-state index in [0.717, 1.165) is 31.1 Å². The first-order valence-electron chi connectivity index (χ1n) is 7.81. The van der Waals surface area contributed by atoms with Gasteiger partial charge in [0.15, 0.2) is 0 Å². The van der Waals surface area contributed by atoms with Gasteiger partial charge < -0.3 is 0 Å². The maximum absolute atomic E-state index is 12.3. The fourth-order valence-electron chi connectivity index (χ4n) is 5.29. The summed E-state index contributed by atoms with van der Waals surface area (Å²) >= 11 is 0. The summed E-state index contributed by atoms with van der Waals surface area (Å²) in [5, 5.41) is 0. The third-order valence-corrected chi connectivity index (χ3v) is 6.35. The Morgan fingerprint density at radius 1 is 1.11 bits per heavy atom. The lowest BCUT2D eigenvalue weighted by Crippen LogP contribution is -2.42. The summed E-state index contributed by atoms with van der Waals surface area (Å²) in [5.74, 6) is 2.70. The number of carbonyl (C=O) groups is 1. The SMILES string of the molecule is C[C@]12CC[C@H]3c4ccccc4CC[C@@H]3[C@@H]1CCC2=O. The summed E-state index contributed by atoms with van der Waals surface area (Å²) in [6, 6.07) is 9.00. The van der Waals surface area contributed by atoms with Crippen LogP contribution >= 0.6 is 0 Å². The van der Waals surface area contributed by atoms with Crippen molar-refractivity contribution in [2.45, 2.75) is 51.4 Å². The molecule has 3 aliphatic carbocycles. The van der Waals surface area contributed by atoms with E-state index >= 15 is 0 Å². The highest BCUT2D eigenvalue weighted by Gasteiger charge is 2.54. The Bertz CT molecular complexity index is 532. The van der Waals surface area contributed by atoms with Gasteiger partial charge in [-0.05, 0) is 61.0 Å². The van der Waals surface area contributed by atoms with E-state index in [-0.39, 0.29) is 5.41 Å². The lowest BCUT2D eigenvalue weighted by atomic mass is 9.55. The quantitative estimate of drug-likeness (QED) is 0.681. The van der Waals surface area contributed by atoms with E-state index < -0.39 is 0 Å². The van der Waals surface area contributed by atoms with Crippen molar-refractivity contribution in [3.63, 3.8) is 0 Å². The summed E-state index contributed by atoms with van der Waals surface area (Å²) in [7, 11) is 0. The average molecular weight is 254 g/mol. The molecule has 0 N–H and O–H groups in total. The highest BCUT2D eigenvalue weighted by atomic mass is 16.1. The predicted octanol–water partition coefficient (Wildman–Crippen LogP) is 4.11. The zero-order chi connectivity index (χ0) is 13.0. The average Bonchev–Trinajstić information content (AvgIpc) is 2.75. The van der Waals surface area contributed by atoms with Crippen molar-refractivity contribution in [3.05, 3.63) is 35.4 Å². The molecule has 2 fully saturated rings. The van der Waals surface area contributed by atoms with E-state index in [1.807, 2.05) is 0 Å². The molecule has 1 nitrogen and oxygen atoms in total. The van der Waals surface area contributed by atoms with Gasteiger partial charge in [0, 0.05) is 11.8 Å². The van der Waals surface area contributed by atoms with Crippen LogP contribution in [0.15, 0.2) is 24.3 Å². The molecule has 1 heteroatoms. The molecule has 100 valence electrons. The summed E-state index contributed by atoms with van der Waals surface area (Å²) in [6.07, 6.45) is 6.85. The van der Waals surface area contributed by atoms with Crippen molar-refractivity contribution >= 4 is 5.78 Å². The third kappa shape index (κ3) is 1.50. The van der Waals surface area contributed by atoms with E-state index in [1.54, 1.807) is 11.1 Å². The molecule has 0 radical (unpaired) electrons. The molecule has 4 atom stereocenters. The van der Waals surface area contributed by atoms with Crippen molar-refractivity contribution in [1.82, 2.24) is 0 Å². The summed E-state index contributed by atoms with van der Waals surface area (Å²) in [4.78, 5) is 12.3. The Hall–Kier alpha value is -1.11. The number of aryl methyl sites for hydroxylation is 1. The molecular formula is C18H22O. The van der Waals surface area contributed by atoms with E-state index in [2.05, 4.69) is 31.2 Å². The minimum absolute atomic E-state index is 0.0213. The Balaban J connectivity index is 1.74. The fourth-order valence-corrected chi connectivity index (χ4v) is 5.29. The van der Waals surface area contributed by atoms with Crippen LogP contribution in [-0.4, -0.2) is 5.78 Å².